The molecular formula is C6H3BrF2INO. The summed E-state index contributed by atoms with van der Waals surface area (Å²) in [7, 11) is 0. The summed E-state index contributed by atoms with van der Waals surface area (Å²) < 4.78 is 24.9. The number of aromatic amines is 1. The molecule has 0 atom stereocenters. The molecule has 0 bridgehead atoms. The number of halogens is 4. The Hall–Kier alpha value is 0.0200. The Kier molecular flexibility index (Phi) is 3.22. The van der Waals surface area contributed by atoms with Crippen LogP contribution < -0.4 is 5.43 Å². The average Bonchev–Trinajstić information content (AvgIpc) is 1.82. The lowest BCUT2D eigenvalue weighted by Crippen LogP contribution is -2.12. The number of nitrogens with one attached hydrogen (secondary N) is 1. The highest BCUT2D eigenvalue weighted by Gasteiger charge is 2.16. The first kappa shape index (κ1) is 10.1. The lowest BCUT2D eigenvalue weighted by Gasteiger charge is -2.01. The second kappa shape index (κ2) is 3.82. The maximum Gasteiger partial charge on any atom is 0.270 e. The summed E-state index contributed by atoms with van der Waals surface area (Å²) in [4.78, 5) is 13.6. The quantitative estimate of drug-likeness (QED) is 0.613. The summed E-state index contributed by atoms with van der Waals surface area (Å²) in [5.41, 5.74) is -1.13. The van der Waals surface area contributed by atoms with E-state index in [1.165, 1.54) is 0 Å². The molecule has 1 N–H and O–H groups in total. The molecule has 12 heavy (non-hydrogen) atoms. The van der Waals surface area contributed by atoms with Crippen LogP contribution >= 0.6 is 38.5 Å². The number of H-pyrrole nitrogens is 1. The van der Waals surface area contributed by atoms with E-state index < -0.39 is 17.4 Å². The summed E-state index contributed by atoms with van der Waals surface area (Å²) in [6, 6.07) is 1.09. The van der Waals surface area contributed by atoms with Gasteiger partial charge in [-0.05, 0) is 38.5 Å². The highest BCUT2D eigenvalue weighted by molar-refractivity contribution is 14.1. The summed E-state index contributed by atoms with van der Waals surface area (Å²) in [6.45, 7) is 0. The van der Waals surface area contributed by atoms with Gasteiger partial charge in [0.2, 0.25) is 0 Å². The van der Waals surface area contributed by atoms with Gasteiger partial charge in [-0.1, -0.05) is 0 Å². The first-order valence-electron chi connectivity index (χ1n) is 2.88. The second-order valence-corrected chi connectivity index (χ2v) is 3.94. The molecule has 1 aromatic heterocycles. The van der Waals surface area contributed by atoms with Crippen molar-refractivity contribution in [1.82, 2.24) is 4.98 Å². The van der Waals surface area contributed by atoms with E-state index in [-0.39, 0.29) is 3.70 Å². The minimum absolute atomic E-state index is 0.168. The molecule has 6 heteroatoms. The summed E-state index contributed by atoms with van der Waals surface area (Å²) in [5.74, 6) is 0. The van der Waals surface area contributed by atoms with Gasteiger partial charge in [-0.15, -0.1) is 0 Å². The van der Waals surface area contributed by atoms with Crippen LogP contribution in [0.4, 0.5) is 8.78 Å². The third-order valence-corrected chi connectivity index (χ3v) is 2.49. The fraction of sp³-hybridized carbons (Fsp3) is 0.167. The predicted molar refractivity (Wildman–Crippen MR) is 52.4 cm³/mol. The van der Waals surface area contributed by atoms with Crippen LogP contribution in [0, 0.1) is 3.70 Å². The molecule has 66 valence electrons. The monoisotopic (exact) mass is 349 g/mol. The molecule has 0 fully saturated rings. The van der Waals surface area contributed by atoms with Gasteiger partial charge < -0.3 is 4.98 Å². The van der Waals surface area contributed by atoms with E-state index in [1.54, 1.807) is 22.6 Å². The first-order valence-corrected chi connectivity index (χ1v) is 4.76. The van der Waals surface area contributed by atoms with Crippen LogP contribution in [-0.2, 0) is 0 Å². The van der Waals surface area contributed by atoms with Crippen molar-refractivity contribution in [3.8, 4) is 0 Å². The molecule has 1 rings (SSSR count). The van der Waals surface area contributed by atoms with Crippen LogP contribution in [0.15, 0.2) is 15.5 Å². The van der Waals surface area contributed by atoms with E-state index in [4.69, 9.17) is 0 Å². The number of pyridine rings is 1. The van der Waals surface area contributed by atoms with Crippen molar-refractivity contribution in [3.05, 3.63) is 30.2 Å². The molecule has 0 radical (unpaired) electrons. The van der Waals surface area contributed by atoms with Crippen LogP contribution in [0.2, 0.25) is 0 Å². The minimum Gasteiger partial charge on any atom is -0.344 e. The molecule has 0 spiro atoms. The maximum atomic E-state index is 12.2. The topological polar surface area (TPSA) is 32.9 Å². The SMILES string of the molecule is O=c1cc(Br)[nH]c(I)c1C(F)F. The van der Waals surface area contributed by atoms with Crippen LogP contribution in [0.5, 0.6) is 0 Å². The van der Waals surface area contributed by atoms with E-state index >= 15 is 0 Å². The third-order valence-electron chi connectivity index (χ3n) is 1.21. The normalized spacial score (nSPS) is 10.8. The highest BCUT2D eigenvalue weighted by atomic mass is 127. The fourth-order valence-electron chi connectivity index (χ4n) is 0.713. The fourth-order valence-corrected chi connectivity index (χ4v) is 2.28. The number of hydrogen-bond donors (Lipinski definition) is 1. The lowest BCUT2D eigenvalue weighted by molar-refractivity contribution is 0.148. The van der Waals surface area contributed by atoms with Gasteiger partial charge in [-0.3, -0.25) is 4.79 Å². The predicted octanol–water partition coefficient (Wildman–Crippen LogP) is 2.68. The molecule has 2 nitrogen and oxygen atoms in total. The number of hydrogen-bond acceptors (Lipinski definition) is 1. The third kappa shape index (κ3) is 2.03. The van der Waals surface area contributed by atoms with Gasteiger partial charge in [-0.25, -0.2) is 8.78 Å². The first-order chi connectivity index (χ1) is 5.52. The zero-order valence-corrected chi connectivity index (χ0v) is 9.32. The molecule has 0 saturated heterocycles. The average molecular weight is 350 g/mol. The van der Waals surface area contributed by atoms with Crippen molar-refractivity contribution < 1.29 is 8.78 Å². The molecule has 0 aliphatic heterocycles. The van der Waals surface area contributed by atoms with Crippen molar-refractivity contribution in [2.24, 2.45) is 0 Å². The van der Waals surface area contributed by atoms with E-state index in [1.807, 2.05) is 0 Å². The van der Waals surface area contributed by atoms with Gasteiger partial charge in [0, 0.05) is 6.07 Å². The molecule has 1 heterocycles. The van der Waals surface area contributed by atoms with Crippen molar-refractivity contribution in [2.45, 2.75) is 6.43 Å². The molecule has 0 aliphatic carbocycles. The Morgan fingerprint density at radius 2 is 2.17 bits per heavy atom. The Bertz CT molecular complexity index is 352. The maximum absolute atomic E-state index is 12.2. The molecule has 0 aromatic carbocycles. The summed E-state index contributed by atoms with van der Waals surface area (Å²) in [6.07, 6.45) is -2.73. The highest BCUT2D eigenvalue weighted by Crippen LogP contribution is 2.20. The number of rotatable bonds is 1. The van der Waals surface area contributed by atoms with Gasteiger partial charge in [0.1, 0.15) is 0 Å². The molecule has 0 amide bonds. The van der Waals surface area contributed by atoms with Crippen molar-refractivity contribution >= 4 is 38.5 Å². The second-order valence-electron chi connectivity index (χ2n) is 2.01. The number of aromatic nitrogens is 1. The largest absolute Gasteiger partial charge is 0.344 e. The van der Waals surface area contributed by atoms with Crippen LogP contribution in [0.1, 0.15) is 12.0 Å². The van der Waals surface area contributed by atoms with Crippen LogP contribution in [0.25, 0.3) is 0 Å². The standard InChI is InChI=1S/C6H3BrF2INO/c7-3-1-2(12)4(5(8)9)6(10)11-3/h1,5H,(H,11,12). The zero-order valence-electron chi connectivity index (χ0n) is 5.57. The van der Waals surface area contributed by atoms with Gasteiger partial charge >= 0.3 is 0 Å². The van der Waals surface area contributed by atoms with E-state index in [9.17, 15) is 13.6 Å². The van der Waals surface area contributed by atoms with E-state index in [0.717, 1.165) is 6.07 Å². The van der Waals surface area contributed by atoms with Crippen LogP contribution in [-0.4, -0.2) is 4.98 Å². The molecule has 1 aromatic rings. The molecule has 0 unspecified atom stereocenters. The molecular weight excluding hydrogens is 347 g/mol. The van der Waals surface area contributed by atoms with E-state index in [2.05, 4.69) is 20.9 Å². The van der Waals surface area contributed by atoms with Crippen molar-refractivity contribution in [3.63, 3.8) is 0 Å². The smallest absolute Gasteiger partial charge is 0.270 e. The Labute approximate surface area is 88.6 Å². The minimum atomic E-state index is -2.73. The van der Waals surface area contributed by atoms with Gasteiger partial charge in [0.15, 0.2) is 5.43 Å². The Morgan fingerprint density at radius 3 is 2.58 bits per heavy atom. The Morgan fingerprint density at radius 1 is 1.58 bits per heavy atom. The van der Waals surface area contributed by atoms with E-state index in [0.29, 0.717) is 4.60 Å². The molecule has 0 aliphatic rings. The zero-order chi connectivity index (χ0) is 9.30. The molecule has 0 saturated carbocycles. The summed E-state index contributed by atoms with van der Waals surface area (Å²) in [5, 5.41) is 0. The van der Waals surface area contributed by atoms with Crippen molar-refractivity contribution in [2.75, 3.05) is 0 Å². The summed E-state index contributed by atoms with van der Waals surface area (Å²) >= 11 is 4.65. The van der Waals surface area contributed by atoms with Gasteiger partial charge in [0.05, 0.1) is 13.9 Å². The van der Waals surface area contributed by atoms with Gasteiger partial charge in [-0.2, -0.15) is 0 Å². The Balaban J connectivity index is 3.39. The number of alkyl halides is 2. The van der Waals surface area contributed by atoms with Gasteiger partial charge in [0.25, 0.3) is 6.43 Å². The lowest BCUT2D eigenvalue weighted by atomic mass is 10.3. The van der Waals surface area contributed by atoms with Crippen molar-refractivity contribution in [1.29, 1.82) is 0 Å². The van der Waals surface area contributed by atoms with Crippen LogP contribution in [0.3, 0.4) is 0 Å².